The quantitative estimate of drug-likeness (QED) is 0.170. The van der Waals surface area contributed by atoms with Gasteiger partial charge in [-0.1, -0.05) is 20.3 Å². The molecule has 0 aliphatic rings. The number of carbonyl (C=O) groups excluding carboxylic acids is 3. The van der Waals surface area contributed by atoms with E-state index in [2.05, 4.69) is 16.0 Å². The number of nitrogens with two attached hydrogens (primary N) is 1. The summed E-state index contributed by atoms with van der Waals surface area (Å²) in [5.41, 5.74) is 5.96. The van der Waals surface area contributed by atoms with Gasteiger partial charge in [-0.2, -0.15) is 23.5 Å². The highest BCUT2D eigenvalue weighted by Crippen LogP contribution is 2.08. The summed E-state index contributed by atoms with van der Waals surface area (Å²) in [5, 5.41) is 26.8. The molecule has 12 heteroatoms. The lowest BCUT2D eigenvalue weighted by Crippen LogP contribution is -2.60. The van der Waals surface area contributed by atoms with Crippen LogP contribution in [0.25, 0.3) is 0 Å². The van der Waals surface area contributed by atoms with Crippen LogP contribution in [0, 0.1) is 5.92 Å². The molecule has 6 unspecified atom stereocenters. The monoisotopic (exact) mass is 494 g/mol. The van der Waals surface area contributed by atoms with Crippen LogP contribution in [0.3, 0.4) is 0 Å². The Hall–Kier alpha value is -1.50. The van der Waals surface area contributed by atoms with Gasteiger partial charge in [-0.05, 0) is 49.7 Å². The second kappa shape index (κ2) is 16.2. The van der Waals surface area contributed by atoms with Crippen LogP contribution in [0.15, 0.2) is 0 Å². The number of hydrogen-bond donors (Lipinski definition) is 6. The van der Waals surface area contributed by atoms with E-state index in [1.807, 2.05) is 26.4 Å². The van der Waals surface area contributed by atoms with Gasteiger partial charge in [-0.15, -0.1) is 0 Å². The lowest BCUT2D eigenvalue weighted by Gasteiger charge is -2.27. The molecule has 32 heavy (non-hydrogen) atoms. The zero-order chi connectivity index (χ0) is 24.8. The lowest BCUT2D eigenvalue weighted by atomic mass is 9.99. The van der Waals surface area contributed by atoms with Crippen LogP contribution in [-0.2, 0) is 19.2 Å². The smallest absolute Gasteiger partial charge is 0.326 e. The largest absolute Gasteiger partial charge is 0.480 e. The highest BCUT2D eigenvalue weighted by Gasteiger charge is 2.32. The van der Waals surface area contributed by atoms with Crippen molar-refractivity contribution in [3.8, 4) is 0 Å². The Bertz CT molecular complexity index is 623. The zero-order valence-corrected chi connectivity index (χ0v) is 21.1. The number of aliphatic hydroxyl groups is 1. The Morgan fingerprint density at radius 1 is 0.875 bits per heavy atom. The number of carboxylic acid groups (broad SMARTS) is 1. The topological polar surface area (TPSA) is 171 Å². The first-order valence-electron chi connectivity index (χ1n) is 10.5. The summed E-state index contributed by atoms with van der Waals surface area (Å²) in [5.74, 6) is -2.13. The van der Waals surface area contributed by atoms with Crippen molar-refractivity contribution in [1.82, 2.24) is 16.0 Å². The number of hydrogen-bond acceptors (Lipinski definition) is 8. The Balaban J connectivity index is 5.36. The molecule has 0 aliphatic carbocycles. The summed E-state index contributed by atoms with van der Waals surface area (Å²) in [7, 11) is 0. The van der Waals surface area contributed by atoms with Crippen molar-refractivity contribution in [3.63, 3.8) is 0 Å². The molecule has 0 aromatic heterocycles. The molecule has 0 radical (unpaired) electrons. The summed E-state index contributed by atoms with van der Waals surface area (Å²) < 4.78 is 0. The minimum Gasteiger partial charge on any atom is -0.480 e. The highest BCUT2D eigenvalue weighted by atomic mass is 32.2. The van der Waals surface area contributed by atoms with E-state index in [-0.39, 0.29) is 12.3 Å². The predicted octanol–water partition coefficient (Wildman–Crippen LogP) is -0.214. The van der Waals surface area contributed by atoms with Crippen molar-refractivity contribution in [3.05, 3.63) is 0 Å². The molecular weight excluding hydrogens is 456 g/mol. The summed E-state index contributed by atoms with van der Waals surface area (Å²) in [6.07, 6.45) is 3.58. The molecule has 6 atom stereocenters. The maximum atomic E-state index is 12.9. The van der Waals surface area contributed by atoms with Gasteiger partial charge in [0.1, 0.15) is 18.1 Å². The molecule has 10 nitrogen and oxygen atoms in total. The molecule has 7 N–H and O–H groups in total. The van der Waals surface area contributed by atoms with Crippen molar-refractivity contribution in [2.75, 3.05) is 24.0 Å². The molecule has 0 heterocycles. The fraction of sp³-hybridized carbons (Fsp3) is 0.800. The maximum absolute atomic E-state index is 12.9. The Morgan fingerprint density at radius 2 is 1.38 bits per heavy atom. The third-order valence-electron chi connectivity index (χ3n) is 5.09. The fourth-order valence-electron chi connectivity index (χ4n) is 2.70. The number of thioether (sulfide) groups is 2. The van der Waals surface area contributed by atoms with Gasteiger partial charge < -0.3 is 31.9 Å². The van der Waals surface area contributed by atoms with Crippen molar-refractivity contribution in [1.29, 1.82) is 0 Å². The fourth-order valence-corrected chi connectivity index (χ4v) is 3.64. The third kappa shape index (κ3) is 10.9. The molecule has 0 spiro atoms. The van der Waals surface area contributed by atoms with Crippen LogP contribution in [0.2, 0.25) is 0 Å². The van der Waals surface area contributed by atoms with E-state index in [1.165, 1.54) is 30.4 Å². The average Bonchev–Trinajstić information content (AvgIpc) is 2.75. The van der Waals surface area contributed by atoms with Crippen LogP contribution in [0.1, 0.15) is 40.0 Å². The molecule has 0 aromatic carbocycles. The summed E-state index contributed by atoms with van der Waals surface area (Å²) in [4.78, 5) is 49.4. The number of carbonyl (C=O) groups is 4. The second-order valence-corrected chi connectivity index (χ2v) is 9.63. The van der Waals surface area contributed by atoms with Gasteiger partial charge in [0, 0.05) is 0 Å². The second-order valence-electron chi connectivity index (χ2n) is 7.66. The number of amides is 3. The first-order chi connectivity index (χ1) is 15.0. The summed E-state index contributed by atoms with van der Waals surface area (Å²) in [6.45, 7) is 5.06. The molecule has 0 rings (SSSR count). The first kappa shape index (κ1) is 30.5. The van der Waals surface area contributed by atoms with Gasteiger partial charge >= 0.3 is 5.97 Å². The van der Waals surface area contributed by atoms with Crippen LogP contribution >= 0.6 is 23.5 Å². The molecule has 186 valence electrons. The molecule has 0 saturated heterocycles. The number of aliphatic hydroxyl groups excluding tert-OH is 1. The maximum Gasteiger partial charge on any atom is 0.326 e. The number of rotatable bonds is 16. The van der Waals surface area contributed by atoms with E-state index in [0.717, 1.165) is 0 Å². The van der Waals surface area contributed by atoms with Crippen molar-refractivity contribution in [2.24, 2.45) is 11.7 Å². The zero-order valence-electron chi connectivity index (χ0n) is 19.4. The molecule has 0 aliphatic heterocycles. The van der Waals surface area contributed by atoms with Gasteiger partial charge in [-0.25, -0.2) is 4.79 Å². The number of nitrogens with one attached hydrogen (secondary N) is 3. The number of carboxylic acids is 1. The minimum absolute atomic E-state index is 0.0792. The van der Waals surface area contributed by atoms with Crippen LogP contribution in [0.4, 0.5) is 0 Å². The standard InChI is InChI=1S/C20H38N4O6S2/c1-6-11(2)15(21)18(27)22-13(7-9-31-4)17(26)24-16(12(3)25)19(28)23-14(20(29)30)8-10-32-5/h11-16,25H,6-10,21H2,1-5H3,(H,22,27)(H,23,28)(H,24,26)(H,29,30). The lowest BCUT2D eigenvalue weighted by molar-refractivity contribution is -0.143. The van der Waals surface area contributed by atoms with Crippen molar-refractivity contribution < 1.29 is 29.4 Å². The van der Waals surface area contributed by atoms with E-state index in [1.54, 1.807) is 0 Å². The Kier molecular flexibility index (Phi) is 15.4. The van der Waals surface area contributed by atoms with Gasteiger partial charge in [0.15, 0.2) is 0 Å². The average molecular weight is 495 g/mol. The van der Waals surface area contributed by atoms with E-state index in [0.29, 0.717) is 24.3 Å². The van der Waals surface area contributed by atoms with Gasteiger partial charge in [0.2, 0.25) is 17.7 Å². The van der Waals surface area contributed by atoms with Crippen molar-refractivity contribution >= 4 is 47.2 Å². The molecule has 3 amide bonds. The van der Waals surface area contributed by atoms with Gasteiger partial charge in [0.25, 0.3) is 0 Å². The predicted molar refractivity (Wildman–Crippen MR) is 129 cm³/mol. The van der Waals surface area contributed by atoms with Gasteiger partial charge in [0.05, 0.1) is 12.1 Å². The Labute approximate surface area is 198 Å². The van der Waals surface area contributed by atoms with E-state index < -0.39 is 54.0 Å². The Morgan fingerprint density at radius 3 is 1.81 bits per heavy atom. The molecular formula is C20H38N4O6S2. The minimum atomic E-state index is -1.38. The summed E-state index contributed by atoms with van der Waals surface area (Å²) >= 11 is 2.92. The molecule has 0 aromatic rings. The van der Waals surface area contributed by atoms with E-state index in [4.69, 9.17) is 5.73 Å². The van der Waals surface area contributed by atoms with Crippen LogP contribution < -0.4 is 21.7 Å². The first-order valence-corrected chi connectivity index (χ1v) is 13.3. The van der Waals surface area contributed by atoms with Gasteiger partial charge in [-0.3, -0.25) is 14.4 Å². The molecule has 0 bridgehead atoms. The van der Waals surface area contributed by atoms with Crippen molar-refractivity contribution in [2.45, 2.75) is 70.3 Å². The van der Waals surface area contributed by atoms with Crippen LogP contribution in [0.5, 0.6) is 0 Å². The molecule has 0 saturated carbocycles. The summed E-state index contributed by atoms with van der Waals surface area (Å²) in [6, 6.07) is -4.26. The molecule has 0 fully saturated rings. The van der Waals surface area contributed by atoms with Crippen LogP contribution in [-0.4, -0.2) is 88.2 Å². The highest BCUT2D eigenvalue weighted by molar-refractivity contribution is 7.98. The SMILES string of the molecule is CCC(C)C(N)C(=O)NC(CCSC)C(=O)NC(C(=O)NC(CCSC)C(=O)O)C(C)O. The normalized spacial score (nSPS) is 16.7. The number of aliphatic carboxylic acids is 1. The van der Waals surface area contributed by atoms with E-state index >= 15 is 0 Å². The van der Waals surface area contributed by atoms with E-state index in [9.17, 15) is 29.4 Å². The third-order valence-corrected chi connectivity index (χ3v) is 6.38.